The van der Waals surface area contributed by atoms with Crippen LogP contribution < -0.4 is 14.8 Å². The zero-order valence-corrected chi connectivity index (χ0v) is 15.8. The molecule has 1 atom stereocenters. The largest absolute Gasteiger partial charge is 0.493 e. The van der Waals surface area contributed by atoms with E-state index in [0.717, 1.165) is 24.3 Å². The molecule has 0 saturated heterocycles. The van der Waals surface area contributed by atoms with Gasteiger partial charge < -0.3 is 14.8 Å². The monoisotopic (exact) mass is 365 g/mol. The van der Waals surface area contributed by atoms with Gasteiger partial charge in [-0.25, -0.2) is 0 Å². The van der Waals surface area contributed by atoms with Crippen molar-refractivity contribution < 1.29 is 14.3 Å². The van der Waals surface area contributed by atoms with Crippen LogP contribution in [0.4, 0.5) is 5.69 Å². The van der Waals surface area contributed by atoms with Crippen LogP contribution in [0.1, 0.15) is 23.6 Å². The Hall–Kier alpha value is -3.04. The van der Waals surface area contributed by atoms with E-state index in [1.54, 1.807) is 38.5 Å². The van der Waals surface area contributed by atoms with Gasteiger partial charge in [-0.15, -0.1) is 0 Å². The van der Waals surface area contributed by atoms with E-state index in [1.807, 2.05) is 19.1 Å². The SMILES string of the molecule is COc1cc2c(cc1OC)CN([C@H](C)C(=O)Nc1ccc(C#N)cc1)CC2. The molecular weight excluding hydrogens is 342 g/mol. The summed E-state index contributed by atoms with van der Waals surface area (Å²) in [6.07, 6.45) is 0.851. The first-order chi connectivity index (χ1) is 13.0. The lowest BCUT2D eigenvalue weighted by atomic mass is 9.97. The van der Waals surface area contributed by atoms with E-state index < -0.39 is 0 Å². The van der Waals surface area contributed by atoms with Gasteiger partial charge in [-0.2, -0.15) is 5.26 Å². The molecule has 140 valence electrons. The molecule has 0 unspecified atom stereocenters. The molecule has 27 heavy (non-hydrogen) atoms. The van der Waals surface area contributed by atoms with Crippen molar-refractivity contribution in [1.82, 2.24) is 4.90 Å². The molecule has 0 radical (unpaired) electrons. The van der Waals surface area contributed by atoms with Crippen molar-refractivity contribution in [2.24, 2.45) is 0 Å². The van der Waals surface area contributed by atoms with Crippen LogP contribution >= 0.6 is 0 Å². The number of rotatable bonds is 5. The van der Waals surface area contributed by atoms with Crippen LogP contribution in [0, 0.1) is 11.3 Å². The molecule has 0 saturated carbocycles. The fourth-order valence-corrected chi connectivity index (χ4v) is 3.28. The van der Waals surface area contributed by atoms with E-state index in [2.05, 4.69) is 16.3 Å². The minimum atomic E-state index is -0.276. The number of carbonyl (C=O) groups excluding carboxylic acids is 1. The minimum Gasteiger partial charge on any atom is -0.493 e. The first kappa shape index (κ1) is 18.7. The van der Waals surface area contributed by atoms with Gasteiger partial charge in [0.2, 0.25) is 5.91 Å². The third-order valence-electron chi connectivity index (χ3n) is 4.96. The molecule has 0 bridgehead atoms. The van der Waals surface area contributed by atoms with Crippen molar-refractivity contribution >= 4 is 11.6 Å². The predicted octanol–water partition coefficient (Wildman–Crippen LogP) is 2.96. The van der Waals surface area contributed by atoms with Crippen LogP contribution in [0.3, 0.4) is 0 Å². The van der Waals surface area contributed by atoms with Crippen molar-refractivity contribution in [2.75, 3.05) is 26.1 Å². The highest BCUT2D eigenvalue weighted by Crippen LogP contribution is 2.33. The summed E-state index contributed by atoms with van der Waals surface area (Å²) in [6, 6.07) is 12.7. The number of anilines is 1. The number of hydrogen-bond acceptors (Lipinski definition) is 5. The normalized spacial score (nSPS) is 14.6. The molecule has 6 nitrogen and oxygen atoms in total. The molecule has 0 spiro atoms. The average molecular weight is 365 g/mol. The second kappa shape index (κ2) is 8.11. The van der Waals surface area contributed by atoms with Crippen LogP contribution in [0.5, 0.6) is 11.5 Å². The highest BCUT2D eigenvalue weighted by molar-refractivity contribution is 5.94. The number of nitrogens with zero attached hydrogens (tertiary/aromatic N) is 2. The molecule has 0 fully saturated rings. The van der Waals surface area contributed by atoms with Gasteiger partial charge in [0, 0.05) is 18.8 Å². The number of benzene rings is 2. The van der Waals surface area contributed by atoms with Gasteiger partial charge in [-0.3, -0.25) is 9.69 Å². The van der Waals surface area contributed by atoms with Crippen molar-refractivity contribution in [3.05, 3.63) is 53.1 Å². The summed E-state index contributed by atoms with van der Waals surface area (Å²) in [6.45, 7) is 3.38. The Morgan fingerprint density at radius 3 is 2.37 bits per heavy atom. The smallest absolute Gasteiger partial charge is 0.241 e. The van der Waals surface area contributed by atoms with Crippen molar-refractivity contribution in [3.8, 4) is 17.6 Å². The van der Waals surface area contributed by atoms with E-state index in [0.29, 0.717) is 23.5 Å². The summed E-state index contributed by atoms with van der Waals surface area (Å²) in [5.74, 6) is 1.37. The number of nitrogens with one attached hydrogen (secondary N) is 1. The highest BCUT2D eigenvalue weighted by atomic mass is 16.5. The quantitative estimate of drug-likeness (QED) is 0.882. The van der Waals surface area contributed by atoms with E-state index in [1.165, 1.54) is 5.56 Å². The molecule has 3 rings (SSSR count). The zero-order valence-electron chi connectivity index (χ0n) is 15.8. The van der Waals surface area contributed by atoms with E-state index in [4.69, 9.17) is 14.7 Å². The maximum absolute atomic E-state index is 12.6. The van der Waals surface area contributed by atoms with E-state index in [9.17, 15) is 4.79 Å². The van der Waals surface area contributed by atoms with Gasteiger partial charge in [-0.05, 0) is 60.9 Å². The number of ether oxygens (including phenoxy) is 2. The Bertz CT molecular complexity index is 871. The molecule has 1 aliphatic rings. The Balaban J connectivity index is 1.70. The molecule has 1 aliphatic heterocycles. The first-order valence-electron chi connectivity index (χ1n) is 8.84. The Labute approximate surface area is 159 Å². The van der Waals surface area contributed by atoms with Crippen molar-refractivity contribution in [3.63, 3.8) is 0 Å². The summed E-state index contributed by atoms with van der Waals surface area (Å²) in [5.41, 5.74) is 3.63. The second-order valence-electron chi connectivity index (χ2n) is 6.55. The van der Waals surface area contributed by atoms with Gasteiger partial charge in [0.1, 0.15) is 0 Å². The van der Waals surface area contributed by atoms with Crippen LogP contribution in [0.15, 0.2) is 36.4 Å². The standard InChI is InChI=1S/C21H23N3O3/c1-14(21(25)23-18-6-4-15(12-22)5-7-18)24-9-8-16-10-19(26-2)20(27-3)11-17(16)13-24/h4-7,10-11,14H,8-9,13H2,1-3H3,(H,23,25)/t14-/m1/s1. The van der Waals surface area contributed by atoms with Crippen LogP contribution in [-0.4, -0.2) is 37.6 Å². The lowest BCUT2D eigenvalue weighted by Gasteiger charge is -2.33. The van der Waals surface area contributed by atoms with Gasteiger partial charge in [0.15, 0.2) is 11.5 Å². The lowest BCUT2D eigenvalue weighted by Crippen LogP contribution is -2.44. The van der Waals surface area contributed by atoms with Crippen LogP contribution in [-0.2, 0) is 17.8 Å². The summed E-state index contributed by atoms with van der Waals surface area (Å²) in [7, 11) is 3.26. The van der Waals surface area contributed by atoms with Gasteiger partial charge in [0.25, 0.3) is 0 Å². The van der Waals surface area contributed by atoms with Crippen LogP contribution in [0.2, 0.25) is 0 Å². The maximum Gasteiger partial charge on any atom is 0.241 e. The fourth-order valence-electron chi connectivity index (χ4n) is 3.28. The molecule has 0 aromatic heterocycles. The Kier molecular flexibility index (Phi) is 5.63. The Morgan fingerprint density at radius 1 is 1.15 bits per heavy atom. The molecule has 1 amide bonds. The van der Waals surface area contributed by atoms with Crippen molar-refractivity contribution in [1.29, 1.82) is 5.26 Å². The lowest BCUT2D eigenvalue weighted by molar-refractivity contribution is -0.121. The number of amides is 1. The third kappa shape index (κ3) is 4.04. The van der Waals surface area contributed by atoms with Crippen LogP contribution in [0.25, 0.3) is 0 Å². The molecule has 0 aliphatic carbocycles. The van der Waals surface area contributed by atoms with Gasteiger partial charge in [0.05, 0.1) is 31.9 Å². The number of nitriles is 1. The summed E-state index contributed by atoms with van der Waals surface area (Å²) >= 11 is 0. The van der Waals surface area contributed by atoms with Crippen molar-refractivity contribution in [2.45, 2.75) is 25.9 Å². The number of fused-ring (bicyclic) bond motifs is 1. The minimum absolute atomic E-state index is 0.0661. The fraction of sp³-hybridized carbons (Fsp3) is 0.333. The molecule has 1 N–H and O–H groups in total. The first-order valence-corrected chi connectivity index (χ1v) is 8.84. The maximum atomic E-state index is 12.6. The third-order valence-corrected chi connectivity index (χ3v) is 4.96. The topological polar surface area (TPSA) is 74.6 Å². The molecule has 2 aromatic carbocycles. The summed E-state index contributed by atoms with van der Waals surface area (Å²) < 4.78 is 10.8. The number of hydrogen-bond donors (Lipinski definition) is 1. The zero-order chi connectivity index (χ0) is 19.4. The summed E-state index contributed by atoms with van der Waals surface area (Å²) in [5, 5.41) is 11.8. The molecule has 6 heteroatoms. The Morgan fingerprint density at radius 2 is 1.78 bits per heavy atom. The summed E-state index contributed by atoms with van der Waals surface area (Å²) in [4.78, 5) is 14.8. The van der Waals surface area contributed by atoms with E-state index in [-0.39, 0.29) is 11.9 Å². The molecular formula is C21H23N3O3. The predicted molar refractivity (Wildman–Crippen MR) is 103 cm³/mol. The molecule has 1 heterocycles. The number of methoxy groups -OCH3 is 2. The molecule has 2 aromatic rings. The van der Waals surface area contributed by atoms with Gasteiger partial charge in [-0.1, -0.05) is 0 Å². The van der Waals surface area contributed by atoms with E-state index >= 15 is 0 Å². The second-order valence-corrected chi connectivity index (χ2v) is 6.55. The average Bonchev–Trinajstić information content (AvgIpc) is 2.72. The highest BCUT2D eigenvalue weighted by Gasteiger charge is 2.26. The van der Waals surface area contributed by atoms with Gasteiger partial charge >= 0.3 is 0 Å². The number of carbonyl (C=O) groups is 1.